The van der Waals surface area contributed by atoms with Crippen LogP contribution in [0.5, 0.6) is 0 Å². The number of carboxylic acids is 1. The molecule has 0 unspecified atom stereocenters. The van der Waals surface area contributed by atoms with E-state index < -0.39 is 35.1 Å². The number of hydrogen-bond donors (Lipinski definition) is 1. The van der Waals surface area contributed by atoms with E-state index in [0.717, 1.165) is 19.3 Å². The molecule has 140 valence electrons. The number of carboxylic acid groups (broad SMARTS) is 1. The maximum Gasteiger partial charge on any atom is 0.412 e. The maximum atomic E-state index is 13.3. The van der Waals surface area contributed by atoms with E-state index >= 15 is 0 Å². The fraction of sp³-hybridized carbons (Fsp3) is 0.800. The van der Waals surface area contributed by atoms with Gasteiger partial charge in [0.1, 0.15) is 5.97 Å². The van der Waals surface area contributed by atoms with Crippen LogP contribution in [0.1, 0.15) is 38.5 Å². The molecule has 25 heavy (non-hydrogen) atoms. The number of hydroxylamine groups is 1. The summed E-state index contributed by atoms with van der Waals surface area (Å²) < 4.78 is 52.3. The van der Waals surface area contributed by atoms with Gasteiger partial charge in [-0.05, 0) is 56.3 Å². The zero-order valence-electron chi connectivity index (χ0n) is 13.0. The number of aliphatic carboxylic acids is 1. The maximum absolute atomic E-state index is 13.3. The molecule has 0 heterocycles. The third-order valence-corrected chi connectivity index (χ3v) is 5.66. The molecule has 6 nitrogen and oxygen atoms in total. The molecule has 0 saturated heterocycles. The largest absolute Gasteiger partial charge is 0.544 e. The van der Waals surface area contributed by atoms with Crippen molar-refractivity contribution in [1.29, 1.82) is 0 Å². The number of alkyl halides is 4. The highest BCUT2D eigenvalue weighted by Gasteiger charge is 2.65. The Balaban J connectivity index is 1.65. The molecule has 4 aliphatic rings. The van der Waals surface area contributed by atoms with Crippen LogP contribution in [-0.2, 0) is 19.2 Å². The average Bonchev–Trinajstić information content (AvgIpc) is 2.50. The van der Waals surface area contributed by atoms with E-state index in [1.54, 1.807) is 5.48 Å². The average molecular weight is 366 g/mol. The van der Waals surface area contributed by atoms with Crippen molar-refractivity contribution in [3.05, 3.63) is 0 Å². The zero-order valence-corrected chi connectivity index (χ0v) is 13.0. The van der Waals surface area contributed by atoms with Crippen molar-refractivity contribution < 1.29 is 41.9 Å². The minimum atomic E-state index is -5.75. The van der Waals surface area contributed by atoms with Gasteiger partial charge in [-0.15, -0.1) is 0 Å². The fourth-order valence-electron chi connectivity index (χ4n) is 4.91. The number of carbonyl (C=O) groups excluding carboxylic acids is 3. The molecule has 4 aliphatic carbocycles. The van der Waals surface area contributed by atoms with E-state index in [-0.39, 0.29) is 0 Å². The molecule has 4 fully saturated rings. The fourth-order valence-corrected chi connectivity index (χ4v) is 4.91. The van der Waals surface area contributed by atoms with E-state index in [0.29, 0.717) is 37.0 Å². The van der Waals surface area contributed by atoms with Crippen LogP contribution >= 0.6 is 0 Å². The summed E-state index contributed by atoms with van der Waals surface area (Å²) in [5.41, 5.74) is 0.695. The quantitative estimate of drug-likeness (QED) is 0.587. The molecule has 4 rings (SSSR count). The second kappa shape index (κ2) is 5.57. The van der Waals surface area contributed by atoms with Crippen molar-refractivity contribution in [2.45, 2.75) is 50.4 Å². The number of halogens is 4. The van der Waals surface area contributed by atoms with Gasteiger partial charge in [0.15, 0.2) is 0 Å². The van der Waals surface area contributed by atoms with E-state index in [1.165, 1.54) is 0 Å². The molecule has 1 N–H and O–H groups in total. The third-order valence-electron chi connectivity index (χ3n) is 5.66. The van der Waals surface area contributed by atoms with Crippen LogP contribution < -0.4 is 10.6 Å². The summed E-state index contributed by atoms with van der Waals surface area (Å²) in [6.07, 6.45) is 4.61. The molecule has 0 atom stereocenters. The standard InChI is InChI=1S/C15H17F4NO5/c16-14(17,11(22)23)15(18,19)12(24)25-20-10(21)13-4-7-1-8(5-13)3-9(2-7)6-13/h7-9H,1-6H2,(H,20,21)(H,22,23)/p-1. The molecule has 0 aromatic heterocycles. The lowest BCUT2D eigenvalue weighted by molar-refractivity contribution is -0.346. The van der Waals surface area contributed by atoms with Gasteiger partial charge in [-0.1, -0.05) is 0 Å². The van der Waals surface area contributed by atoms with Crippen LogP contribution in [0.25, 0.3) is 0 Å². The molecule has 10 heteroatoms. The van der Waals surface area contributed by atoms with Crippen molar-refractivity contribution in [3.63, 3.8) is 0 Å². The number of hydrogen-bond acceptors (Lipinski definition) is 5. The highest BCUT2D eigenvalue weighted by atomic mass is 19.3. The summed E-state index contributed by atoms with van der Waals surface area (Å²) in [6, 6.07) is 0. The molecule has 0 aliphatic heterocycles. The van der Waals surface area contributed by atoms with Crippen molar-refractivity contribution >= 4 is 17.8 Å². The topological polar surface area (TPSA) is 95.5 Å². The first-order valence-corrected chi connectivity index (χ1v) is 7.97. The minimum Gasteiger partial charge on any atom is -0.544 e. The second-order valence-corrected chi connectivity index (χ2v) is 7.45. The Morgan fingerprint density at radius 3 is 1.76 bits per heavy atom. The van der Waals surface area contributed by atoms with Crippen LogP contribution in [-0.4, -0.2) is 29.7 Å². The first-order chi connectivity index (χ1) is 11.5. The van der Waals surface area contributed by atoms with Crippen molar-refractivity contribution in [1.82, 2.24) is 5.48 Å². The summed E-state index contributed by atoms with van der Waals surface area (Å²) in [7, 11) is 0. The van der Waals surface area contributed by atoms with Crippen LogP contribution in [0.15, 0.2) is 0 Å². The van der Waals surface area contributed by atoms with Crippen LogP contribution in [0.2, 0.25) is 0 Å². The van der Waals surface area contributed by atoms with Gasteiger partial charge in [-0.3, -0.25) is 4.79 Å². The Labute approximate surface area is 139 Å². The molecular formula is C15H16F4NO5-. The number of rotatable bonds is 4. The SMILES string of the molecule is O=C(NOC(=O)C(F)(F)C(F)(F)C(=O)[O-])C12CC3CC(CC(C3)C1)C2. The summed E-state index contributed by atoms with van der Waals surface area (Å²) in [5, 5.41) is 10.1. The van der Waals surface area contributed by atoms with Gasteiger partial charge in [0.25, 0.3) is 5.91 Å². The van der Waals surface area contributed by atoms with Crippen molar-refractivity contribution in [3.8, 4) is 0 Å². The summed E-state index contributed by atoms with van der Waals surface area (Å²) in [4.78, 5) is 37.5. The second-order valence-electron chi connectivity index (χ2n) is 7.45. The Morgan fingerprint density at radius 2 is 1.36 bits per heavy atom. The Kier molecular flexibility index (Phi) is 3.99. The summed E-state index contributed by atoms with van der Waals surface area (Å²) in [6.45, 7) is 0. The van der Waals surface area contributed by atoms with Crippen LogP contribution in [0.3, 0.4) is 0 Å². The third kappa shape index (κ3) is 2.75. The Hall–Kier alpha value is -1.87. The van der Waals surface area contributed by atoms with Crippen LogP contribution in [0, 0.1) is 23.2 Å². The minimum absolute atomic E-state index is 0.344. The van der Waals surface area contributed by atoms with Gasteiger partial charge in [-0.25, -0.2) is 4.79 Å². The first kappa shape index (κ1) is 17.9. The molecule has 1 amide bonds. The molecule has 0 aromatic rings. The lowest BCUT2D eigenvalue weighted by atomic mass is 9.49. The summed E-state index contributed by atoms with van der Waals surface area (Å²) >= 11 is 0. The smallest absolute Gasteiger partial charge is 0.412 e. The Morgan fingerprint density at radius 1 is 0.920 bits per heavy atom. The molecule has 4 saturated carbocycles. The van der Waals surface area contributed by atoms with Gasteiger partial charge >= 0.3 is 17.8 Å². The summed E-state index contributed by atoms with van der Waals surface area (Å²) in [5.74, 6) is -17.4. The number of amides is 1. The normalized spacial score (nSPS) is 33.8. The van der Waals surface area contributed by atoms with E-state index in [1.807, 2.05) is 0 Å². The van der Waals surface area contributed by atoms with Gasteiger partial charge in [0, 0.05) is 0 Å². The number of nitrogens with one attached hydrogen (secondary N) is 1. The lowest BCUT2D eigenvalue weighted by Crippen LogP contribution is -2.59. The molecule has 0 radical (unpaired) electrons. The van der Waals surface area contributed by atoms with E-state index in [9.17, 15) is 37.1 Å². The predicted molar refractivity (Wildman–Crippen MR) is 69.7 cm³/mol. The first-order valence-electron chi connectivity index (χ1n) is 7.97. The van der Waals surface area contributed by atoms with Gasteiger partial charge < -0.3 is 14.7 Å². The van der Waals surface area contributed by atoms with E-state index in [2.05, 4.69) is 4.84 Å². The van der Waals surface area contributed by atoms with Crippen LogP contribution in [0.4, 0.5) is 17.6 Å². The molecule has 0 spiro atoms. The lowest BCUT2D eigenvalue weighted by Gasteiger charge is -2.55. The monoisotopic (exact) mass is 366 g/mol. The predicted octanol–water partition coefficient (Wildman–Crippen LogP) is 0.798. The van der Waals surface area contributed by atoms with Crippen molar-refractivity contribution in [2.24, 2.45) is 23.2 Å². The van der Waals surface area contributed by atoms with Gasteiger partial charge in [-0.2, -0.15) is 23.0 Å². The Bertz CT molecular complexity index is 586. The molecule has 4 bridgehead atoms. The zero-order chi connectivity index (χ0) is 18.6. The van der Waals surface area contributed by atoms with Crippen molar-refractivity contribution in [2.75, 3.05) is 0 Å². The highest BCUT2D eigenvalue weighted by Crippen LogP contribution is 2.60. The van der Waals surface area contributed by atoms with E-state index in [4.69, 9.17) is 0 Å². The highest BCUT2D eigenvalue weighted by molar-refractivity contribution is 5.89. The molecule has 0 aromatic carbocycles. The van der Waals surface area contributed by atoms with Gasteiger partial charge in [0.05, 0.1) is 5.41 Å². The molecular weight excluding hydrogens is 350 g/mol. The number of carbonyl (C=O) groups is 3. The van der Waals surface area contributed by atoms with Gasteiger partial charge in [0.2, 0.25) is 0 Å².